The average Bonchev–Trinajstić information content (AvgIpc) is 2.77. The van der Waals surface area contributed by atoms with Crippen molar-refractivity contribution in [2.75, 3.05) is 0 Å². The minimum Gasteiger partial charge on any atom is -0.320 e. The maximum absolute atomic E-state index is 10.7. The van der Waals surface area contributed by atoms with E-state index in [1.165, 1.54) is 0 Å². The van der Waals surface area contributed by atoms with Gasteiger partial charge in [0.1, 0.15) is 5.69 Å². The van der Waals surface area contributed by atoms with Gasteiger partial charge in [0.05, 0.1) is 24.3 Å². The number of carbonyl (C=O) groups excluding carboxylic acids is 1. The highest BCUT2D eigenvalue weighted by Crippen LogP contribution is 2.16. The molecule has 2 heterocycles. The molecule has 0 amide bonds. The number of nitrogens with zero attached hydrogens (tertiary/aromatic N) is 3. The number of hydrogen-bond donors (Lipinski definition) is 0. The van der Waals surface area contributed by atoms with E-state index in [1.807, 2.05) is 25.1 Å². The third-order valence-corrected chi connectivity index (χ3v) is 2.35. The molecule has 15 heavy (non-hydrogen) atoms. The lowest BCUT2D eigenvalue weighted by molar-refractivity contribution is 0.111. The summed E-state index contributed by atoms with van der Waals surface area (Å²) in [6, 6.07) is 5.74. The Morgan fingerprint density at radius 1 is 1.47 bits per heavy atom. The number of aldehydes is 1. The van der Waals surface area contributed by atoms with Crippen molar-refractivity contribution in [2.24, 2.45) is 0 Å². The second-order valence-corrected chi connectivity index (χ2v) is 3.27. The molecule has 0 aliphatic heterocycles. The van der Waals surface area contributed by atoms with Crippen LogP contribution in [0.3, 0.4) is 0 Å². The van der Waals surface area contributed by atoms with Crippen LogP contribution in [-0.4, -0.2) is 20.8 Å². The van der Waals surface area contributed by atoms with Crippen molar-refractivity contribution in [2.45, 2.75) is 13.0 Å². The number of carbonyl (C=O) groups is 1. The van der Waals surface area contributed by atoms with Gasteiger partial charge in [-0.25, -0.2) is 4.98 Å². The summed E-state index contributed by atoms with van der Waals surface area (Å²) in [5.74, 6) is 0. The van der Waals surface area contributed by atoms with E-state index in [0.717, 1.165) is 12.0 Å². The zero-order valence-corrected chi connectivity index (χ0v) is 8.37. The molecule has 0 radical (unpaired) electrons. The first-order chi connectivity index (χ1) is 7.33. The van der Waals surface area contributed by atoms with Crippen LogP contribution in [0.2, 0.25) is 0 Å². The van der Waals surface area contributed by atoms with Crippen molar-refractivity contribution in [1.82, 2.24) is 14.5 Å². The van der Waals surface area contributed by atoms with E-state index in [-0.39, 0.29) is 6.04 Å². The maximum Gasteiger partial charge on any atom is 0.168 e. The second kappa shape index (κ2) is 4.04. The van der Waals surface area contributed by atoms with E-state index in [0.29, 0.717) is 5.69 Å². The van der Waals surface area contributed by atoms with Crippen molar-refractivity contribution in [1.29, 1.82) is 0 Å². The van der Waals surface area contributed by atoms with E-state index in [2.05, 4.69) is 9.97 Å². The van der Waals surface area contributed by atoms with Crippen LogP contribution >= 0.6 is 0 Å². The highest BCUT2D eigenvalue weighted by atomic mass is 16.1. The molecule has 0 saturated heterocycles. The zero-order chi connectivity index (χ0) is 10.7. The van der Waals surface area contributed by atoms with Crippen LogP contribution in [0, 0.1) is 0 Å². The zero-order valence-electron chi connectivity index (χ0n) is 8.37. The molecule has 0 spiro atoms. The third-order valence-electron chi connectivity index (χ3n) is 2.35. The van der Waals surface area contributed by atoms with Gasteiger partial charge < -0.3 is 4.57 Å². The summed E-state index contributed by atoms with van der Waals surface area (Å²) in [4.78, 5) is 18.9. The normalized spacial score (nSPS) is 12.3. The molecule has 0 aromatic carbocycles. The highest BCUT2D eigenvalue weighted by molar-refractivity contribution is 5.71. The van der Waals surface area contributed by atoms with Gasteiger partial charge in [0.15, 0.2) is 6.29 Å². The molecule has 2 aromatic rings. The molecule has 4 nitrogen and oxygen atoms in total. The molecular formula is C11H11N3O. The number of aromatic nitrogens is 3. The minimum atomic E-state index is 0.0221. The van der Waals surface area contributed by atoms with Crippen LogP contribution in [-0.2, 0) is 0 Å². The summed E-state index contributed by atoms with van der Waals surface area (Å²) in [5.41, 5.74) is 1.48. The summed E-state index contributed by atoms with van der Waals surface area (Å²) >= 11 is 0. The topological polar surface area (TPSA) is 47.8 Å². The Kier molecular flexibility index (Phi) is 2.58. The molecule has 1 unspecified atom stereocenters. The van der Waals surface area contributed by atoms with Crippen molar-refractivity contribution in [3.05, 3.63) is 48.3 Å². The fourth-order valence-corrected chi connectivity index (χ4v) is 1.50. The number of rotatable bonds is 3. The Morgan fingerprint density at radius 2 is 2.33 bits per heavy atom. The SMILES string of the molecule is CC(c1ccccn1)n1cncc1C=O. The van der Waals surface area contributed by atoms with Gasteiger partial charge in [-0.1, -0.05) is 6.07 Å². The highest BCUT2D eigenvalue weighted by Gasteiger charge is 2.11. The lowest BCUT2D eigenvalue weighted by Crippen LogP contribution is -2.09. The van der Waals surface area contributed by atoms with E-state index in [9.17, 15) is 4.79 Å². The monoisotopic (exact) mass is 201 g/mol. The van der Waals surface area contributed by atoms with Crippen LogP contribution in [0.5, 0.6) is 0 Å². The van der Waals surface area contributed by atoms with Crippen LogP contribution in [0.4, 0.5) is 0 Å². The van der Waals surface area contributed by atoms with Crippen molar-refractivity contribution < 1.29 is 4.79 Å². The number of pyridine rings is 1. The molecular weight excluding hydrogens is 190 g/mol. The van der Waals surface area contributed by atoms with Gasteiger partial charge in [0, 0.05) is 6.20 Å². The second-order valence-electron chi connectivity index (χ2n) is 3.27. The van der Waals surface area contributed by atoms with Gasteiger partial charge in [0.25, 0.3) is 0 Å². The Morgan fingerprint density at radius 3 is 3.00 bits per heavy atom. The van der Waals surface area contributed by atoms with E-state index >= 15 is 0 Å². The molecule has 0 saturated carbocycles. The summed E-state index contributed by atoms with van der Waals surface area (Å²) in [6.07, 6.45) is 5.73. The van der Waals surface area contributed by atoms with Gasteiger partial charge >= 0.3 is 0 Å². The minimum absolute atomic E-state index is 0.0221. The largest absolute Gasteiger partial charge is 0.320 e. The molecule has 4 heteroatoms. The Balaban J connectivity index is 2.36. The van der Waals surface area contributed by atoms with E-state index < -0.39 is 0 Å². The first kappa shape index (κ1) is 9.58. The quantitative estimate of drug-likeness (QED) is 0.710. The van der Waals surface area contributed by atoms with Gasteiger partial charge in [-0.2, -0.15) is 0 Å². The smallest absolute Gasteiger partial charge is 0.168 e. The lowest BCUT2D eigenvalue weighted by atomic mass is 10.2. The molecule has 76 valence electrons. The van der Waals surface area contributed by atoms with E-state index in [1.54, 1.807) is 23.3 Å². The molecule has 0 aliphatic rings. The van der Waals surface area contributed by atoms with Crippen molar-refractivity contribution in [3.8, 4) is 0 Å². The predicted octanol–water partition coefficient (Wildman–Crippen LogP) is 1.70. The molecule has 2 rings (SSSR count). The van der Waals surface area contributed by atoms with Crippen LogP contribution in [0.25, 0.3) is 0 Å². The first-order valence-corrected chi connectivity index (χ1v) is 4.71. The lowest BCUT2D eigenvalue weighted by Gasteiger charge is -2.13. The first-order valence-electron chi connectivity index (χ1n) is 4.71. The summed E-state index contributed by atoms with van der Waals surface area (Å²) in [7, 11) is 0. The Labute approximate surface area is 87.6 Å². The number of hydrogen-bond acceptors (Lipinski definition) is 3. The molecule has 0 bridgehead atoms. The molecule has 0 aliphatic carbocycles. The summed E-state index contributed by atoms with van der Waals surface area (Å²) in [5, 5.41) is 0. The fraction of sp³-hybridized carbons (Fsp3) is 0.182. The third kappa shape index (κ3) is 1.79. The van der Waals surface area contributed by atoms with Crippen molar-refractivity contribution >= 4 is 6.29 Å². The summed E-state index contributed by atoms with van der Waals surface area (Å²) < 4.78 is 1.80. The number of imidazole rings is 1. The standard InChI is InChI=1S/C11H11N3O/c1-9(11-4-2-3-5-13-11)14-8-12-6-10(14)7-15/h2-9H,1H3. The Bertz CT molecular complexity index is 450. The van der Waals surface area contributed by atoms with Crippen LogP contribution in [0.15, 0.2) is 36.9 Å². The molecule has 2 aromatic heterocycles. The van der Waals surface area contributed by atoms with Crippen molar-refractivity contribution in [3.63, 3.8) is 0 Å². The van der Waals surface area contributed by atoms with Gasteiger partial charge in [-0.15, -0.1) is 0 Å². The van der Waals surface area contributed by atoms with Crippen LogP contribution in [0.1, 0.15) is 29.1 Å². The molecule has 1 atom stereocenters. The van der Waals surface area contributed by atoms with Gasteiger partial charge in [-0.05, 0) is 19.1 Å². The van der Waals surface area contributed by atoms with Crippen LogP contribution < -0.4 is 0 Å². The summed E-state index contributed by atoms with van der Waals surface area (Å²) in [6.45, 7) is 1.98. The predicted molar refractivity (Wildman–Crippen MR) is 55.7 cm³/mol. The molecule has 0 N–H and O–H groups in total. The fourth-order valence-electron chi connectivity index (χ4n) is 1.50. The average molecular weight is 201 g/mol. The maximum atomic E-state index is 10.7. The van der Waals surface area contributed by atoms with E-state index in [4.69, 9.17) is 0 Å². The van der Waals surface area contributed by atoms with Gasteiger partial charge in [0.2, 0.25) is 0 Å². The van der Waals surface area contributed by atoms with Gasteiger partial charge in [-0.3, -0.25) is 9.78 Å². The molecule has 0 fully saturated rings. The Hall–Kier alpha value is -1.97.